The van der Waals surface area contributed by atoms with Crippen LogP contribution in [-0.4, -0.2) is 31.5 Å². The third kappa shape index (κ3) is 5.50. The molecule has 0 aliphatic rings. The number of methoxy groups -OCH3 is 1. The molecule has 2 aromatic rings. The van der Waals surface area contributed by atoms with Crippen LogP contribution >= 0.6 is 34.8 Å². The number of ether oxygens (including phenoxy) is 2. The SMILES string of the molecule is COc1ccc(Cl)cc1C(=O)NNC(=O)COC(=O)c1cccc(Cl)c1Cl. The highest BCUT2D eigenvalue weighted by Crippen LogP contribution is 2.26. The molecule has 0 aliphatic heterocycles. The van der Waals surface area contributed by atoms with Crippen molar-refractivity contribution in [2.75, 3.05) is 13.7 Å². The third-order valence-electron chi connectivity index (χ3n) is 3.23. The molecular formula is C17H13Cl3N2O5. The highest BCUT2D eigenvalue weighted by molar-refractivity contribution is 6.43. The lowest BCUT2D eigenvalue weighted by atomic mass is 10.2. The van der Waals surface area contributed by atoms with Gasteiger partial charge in [0.05, 0.1) is 28.3 Å². The summed E-state index contributed by atoms with van der Waals surface area (Å²) in [5, 5.41) is 0.517. The molecule has 0 radical (unpaired) electrons. The number of carbonyl (C=O) groups excluding carboxylic acids is 3. The van der Waals surface area contributed by atoms with Crippen molar-refractivity contribution in [2.45, 2.75) is 0 Å². The summed E-state index contributed by atoms with van der Waals surface area (Å²) in [6.07, 6.45) is 0. The zero-order chi connectivity index (χ0) is 20.0. The topological polar surface area (TPSA) is 93.7 Å². The number of halogens is 3. The van der Waals surface area contributed by atoms with Gasteiger partial charge in [-0.15, -0.1) is 0 Å². The van der Waals surface area contributed by atoms with Crippen molar-refractivity contribution < 1.29 is 23.9 Å². The summed E-state index contributed by atoms with van der Waals surface area (Å²) in [6.45, 7) is -0.644. The lowest BCUT2D eigenvalue weighted by molar-refractivity contribution is -0.125. The van der Waals surface area contributed by atoms with Crippen LogP contribution < -0.4 is 15.6 Å². The summed E-state index contributed by atoms with van der Waals surface area (Å²) < 4.78 is 9.89. The number of rotatable bonds is 5. The lowest BCUT2D eigenvalue weighted by Gasteiger charge is -2.11. The van der Waals surface area contributed by atoms with E-state index < -0.39 is 24.4 Å². The van der Waals surface area contributed by atoms with E-state index in [-0.39, 0.29) is 26.9 Å². The quantitative estimate of drug-likeness (QED) is 0.560. The lowest BCUT2D eigenvalue weighted by Crippen LogP contribution is -2.43. The van der Waals surface area contributed by atoms with Crippen LogP contribution in [0.4, 0.5) is 0 Å². The van der Waals surface area contributed by atoms with Gasteiger partial charge in [0.2, 0.25) is 0 Å². The maximum absolute atomic E-state index is 12.1. The number of nitrogens with one attached hydrogen (secondary N) is 2. The molecular weight excluding hydrogens is 419 g/mol. The Morgan fingerprint density at radius 2 is 1.74 bits per heavy atom. The molecule has 10 heteroatoms. The van der Waals surface area contributed by atoms with Gasteiger partial charge in [0, 0.05) is 5.02 Å². The first kappa shape index (κ1) is 20.8. The first-order valence-electron chi connectivity index (χ1n) is 7.37. The van der Waals surface area contributed by atoms with Gasteiger partial charge in [-0.05, 0) is 30.3 Å². The van der Waals surface area contributed by atoms with E-state index in [0.29, 0.717) is 5.02 Å². The Morgan fingerprint density at radius 1 is 1.00 bits per heavy atom. The smallest absolute Gasteiger partial charge is 0.340 e. The van der Waals surface area contributed by atoms with Crippen molar-refractivity contribution in [3.05, 3.63) is 62.6 Å². The minimum absolute atomic E-state index is 0.0182. The summed E-state index contributed by atoms with van der Waals surface area (Å²) in [6, 6.07) is 8.87. The van der Waals surface area contributed by atoms with Gasteiger partial charge in [-0.1, -0.05) is 40.9 Å². The van der Waals surface area contributed by atoms with Gasteiger partial charge < -0.3 is 9.47 Å². The van der Waals surface area contributed by atoms with Gasteiger partial charge in [0.25, 0.3) is 11.8 Å². The zero-order valence-electron chi connectivity index (χ0n) is 13.8. The Hall–Kier alpha value is -2.48. The third-order valence-corrected chi connectivity index (χ3v) is 4.28. The average molecular weight is 432 g/mol. The maximum atomic E-state index is 12.1. The molecule has 2 rings (SSSR count). The second-order valence-corrected chi connectivity index (χ2v) is 6.25. The molecule has 0 saturated carbocycles. The summed E-state index contributed by atoms with van der Waals surface area (Å²) in [5.74, 6) is -1.99. The Morgan fingerprint density at radius 3 is 2.44 bits per heavy atom. The number of hydrogen-bond donors (Lipinski definition) is 2. The molecule has 2 N–H and O–H groups in total. The fourth-order valence-electron chi connectivity index (χ4n) is 1.96. The number of hydrogen-bond acceptors (Lipinski definition) is 5. The Bertz CT molecular complexity index is 889. The van der Waals surface area contributed by atoms with Crippen molar-refractivity contribution in [3.63, 3.8) is 0 Å². The van der Waals surface area contributed by atoms with E-state index in [1.807, 2.05) is 0 Å². The van der Waals surface area contributed by atoms with Gasteiger partial charge in [-0.2, -0.15) is 0 Å². The Kier molecular flexibility index (Phi) is 7.29. The molecule has 0 aliphatic carbocycles. The van der Waals surface area contributed by atoms with Crippen LogP contribution in [0.1, 0.15) is 20.7 Å². The largest absolute Gasteiger partial charge is 0.496 e. The normalized spacial score (nSPS) is 10.1. The van der Waals surface area contributed by atoms with Crippen LogP contribution in [0.5, 0.6) is 5.75 Å². The highest BCUT2D eigenvalue weighted by Gasteiger charge is 2.17. The van der Waals surface area contributed by atoms with Gasteiger partial charge >= 0.3 is 5.97 Å². The molecule has 0 atom stereocenters. The number of amides is 2. The summed E-state index contributed by atoms with van der Waals surface area (Å²) in [5.41, 5.74) is 4.42. The molecule has 2 aromatic carbocycles. The van der Waals surface area contributed by atoms with Crippen LogP contribution in [0.2, 0.25) is 15.1 Å². The van der Waals surface area contributed by atoms with E-state index in [1.165, 1.54) is 37.4 Å². The summed E-state index contributed by atoms with van der Waals surface area (Å²) >= 11 is 17.6. The van der Waals surface area contributed by atoms with Gasteiger partial charge in [-0.3, -0.25) is 20.4 Å². The van der Waals surface area contributed by atoms with Crippen molar-refractivity contribution >= 4 is 52.6 Å². The Balaban J connectivity index is 1.89. The molecule has 2 amide bonds. The number of esters is 1. The molecule has 0 spiro atoms. The van der Waals surface area contributed by atoms with Crippen LogP contribution in [0.3, 0.4) is 0 Å². The zero-order valence-corrected chi connectivity index (χ0v) is 16.1. The second-order valence-electron chi connectivity index (χ2n) is 5.02. The molecule has 0 fully saturated rings. The molecule has 0 aromatic heterocycles. The minimum Gasteiger partial charge on any atom is -0.496 e. The molecule has 142 valence electrons. The predicted octanol–water partition coefficient (Wildman–Crippen LogP) is 3.27. The first-order chi connectivity index (χ1) is 12.8. The van der Waals surface area contributed by atoms with E-state index in [0.717, 1.165) is 0 Å². The number of hydrazine groups is 1. The average Bonchev–Trinajstić information content (AvgIpc) is 2.66. The van der Waals surface area contributed by atoms with Crippen LogP contribution in [0.25, 0.3) is 0 Å². The van der Waals surface area contributed by atoms with Crippen molar-refractivity contribution in [1.29, 1.82) is 0 Å². The van der Waals surface area contributed by atoms with Crippen molar-refractivity contribution in [3.8, 4) is 5.75 Å². The second kappa shape index (κ2) is 9.45. The molecule has 27 heavy (non-hydrogen) atoms. The van der Waals surface area contributed by atoms with Gasteiger partial charge in [0.15, 0.2) is 6.61 Å². The number of benzene rings is 2. The van der Waals surface area contributed by atoms with Crippen LogP contribution in [-0.2, 0) is 9.53 Å². The summed E-state index contributed by atoms with van der Waals surface area (Å²) in [7, 11) is 1.39. The van der Waals surface area contributed by atoms with Crippen LogP contribution in [0, 0.1) is 0 Å². The van der Waals surface area contributed by atoms with E-state index in [4.69, 9.17) is 44.3 Å². The Labute approximate surface area is 169 Å². The monoisotopic (exact) mass is 430 g/mol. The molecule has 0 bridgehead atoms. The van der Waals surface area contributed by atoms with E-state index >= 15 is 0 Å². The van der Waals surface area contributed by atoms with E-state index in [1.54, 1.807) is 6.07 Å². The molecule has 0 heterocycles. The number of carbonyl (C=O) groups is 3. The minimum atomic E-state index is -0.833. The standard InChI is InChI=1S/C17H13Cl3N2O5/c1-26-13-6-5-9(18)7-11(13)16(24)22-21-14(23)8-27-17(25)10-3-2-4-12(19)15(10)20/h2-7H,8H2,1H3,(H,21,23)(H,22,24). The molecule has 0 unspecified atom stereocenters. The fraction of sp³-hybridized carbons (Fsp3) is 0.118. The van der Waals surface area contributed by atoms with Crippen molar-refractivity contribution in [2.24, 2.45) is 0 Å². The van der Waals surface area contributed by atoms with E-state index in [2.05, 4.69) is 10.9 Å². The van der Waals surface area contributed by atoms with E-state index in [9.17, 15) is 14.4 Å². The highest BCUT2D eigenvalue weighted by atomic mass is 35.5. The summed E-state index contributed by atoms with van der Waals surface area (Å²) in [4.78, 5) is 35.8. The van der Waals surface area contributed by atoms with Crippen molar-refractivity contribution in [1.82, 2.24) is 10.9 Å². The molecule has 7 nitrogen and oxygen atoms in total. The molecule has 0 saturated heterocycles. The first-order valence-corrected chi connectivity index (χ1v) is 8.50. The fourth-order valence-corrected chi connectivity index (χ4v) is 2.51. The maximum Gasteiger partial charge on any atom is 0.340 e. The van der Waals surface area contributed by atoms with Crippen LogP contribution in [0.15, 0.2) is 36.4 Å². The van der Waals surface area contributed by atoms with Gasteiger partial charge in [-0.25, -0.2) is 4.79 Å². The predicted molar refractivity (Wildman–Crippen MR) is 100 cm³/mol. The van der Waals surface area contributed by atoms with Gasteiger partial charge in [0.1, 0.15) is 5.75 Å².